The van der Waals surface area contributed by atoms with E-state index in [2.05, 4.69) is 32.2 Å². The fraction of sp³-hybridized carbons (Fsp3) is 0.400. The number of carbonyl (C=O) groups is 1. The molecule has 2 aromatic rings. The molecule has 1 N–H and O–H groups in total. The minimum absolute atomic E-state index is 0.0453. The molecule has 130 valence electrons. The summed E-state index contributed by atoms with van der Waals surface area (Å²) in [6, 6.07) is 14.1. The Morgan fingerprint density at radius 2 is 1.88 bits per heavy atom. The summed E-state index contributed by atoms with van der Waals surface area (Å²) in [5, 5.41) is 3.13. The number of aryl methyl sites for hydroxylation is 1. The van der Waals surface area contributed by atoms with Crippen molar-refractivity contribution in [1.29, 1.82) is 0 Å². The van der Waals surface area contributed by atoms with E-state index in [0.29, 0.717) is 0 Å². The van der Waals surface area contributed by atoms with Crippen LogP contribution < -0.4 is 10.2 Å². The number of hydrogen-bond acceptors (Lipinski definition) is 4. The second-order valence-electron chi connectivity index (χ2n) is 6.77. The normalized spacial score (nSPS) is 21.8. The van der Waals surface area contributed by atoms with Gasteiger partial charge in [-0.2, -0.15) is 0 Å². The summed E-state index contributed by atoms with van der Waals surface area (Å²) in [5.41, 5.74) is 2.21. The molecule has 4 rings (SSSR count). The molecule has 25 heavy (non-hydrogen) atoms. The zero-order valence-electron chi connectivity index (χ0n) is 14.4. The van der Waals surface area contributed by atoms with Crippen molar-refractivity contribution in [2.24, 2.45) is 0 Å². The van der Waals surface area contributed by atoms with Crippen LogP contribution in [0, 0.1) is 0 Å². The number of nitrogens with one attached hydrogen (secondary N) is 1. The highest BCUT2D eigenvalue weighted by molar-refractivity contribution is 5.96. The van der Waals surface area contributed by atoms with Gasteiger partial charge < -0.3 is 10.2 Å². The second-order valence-corrected chi connectivity index (χ2v) is 6.77. The highest BCUT2D eigenvalue weighted by Gasteiger charge is 2.30. The zero-order chi connectivity index (χ0) is 17.1. The fourth-order valence-electron chi connectivity index (χ4n) is 3.87. The molecule has 1 amide bonds. The van der Waals surface area contributed by atoms with Crippen LogP contribution in [0.3, 0.4) is 0 Å². The maximum Gasteiger partial charge on any atom is 0.241 e. The second kappa shape index (κ2) is 7.23. The molecule has 0 unspecified atom stereocenters. The van der Waals surface area contributed by atoms with Gasteiger partial charge in [-0.25, -0.2) is 4.98 Å². The lowest BCUT2D eigenvalue weighted by Crippen LogP contribution is -2.45. The molecule has 5 heteroatoms. The van der Waals surface area contributed by atoms with Crippen LogP contribution in [0.1, 0.15) is 18.4 Å². The first-order valence-electron chi connectivity index (χ1n) is 9.10. The first-order chi connectivity index (χ1) is 12.3. The van der Waals surface area contributed by atoms with Crippen LogP contribution in [0.25, 0.3) is 0 Å². The van der Waals surface area contributed by atoms with Crippen molar-refractivity contribution in [2.45, 2.75) is 25.3 Å². The van der Waals surface area contributed by atoms with Crippen LogP contribution in [0.2, 0.25) is 0 Å². The van der Waals surface area contributed by atoms with Crippen molar-refractivity contribution in [3.8, 4) is 0 Å². The Bertz CT molecular complexity index is 733. The van der Waals surface area contributed by atoms with E-state index < -0.39 is 0 Å². The maximum absolute atomic E-state index is 12.8. The summed E-state index contributed by atoms with van der Waals surface area (Å²) >= 11 is 0. The summed E-state index contributed by atoms with van der Waals surface area (Å²) in [7, 11) is 0. The van der Waals surface area contributed by atoms with E-state index in [0.717, 1.165) is 56.9 Å². The number of fused-ring (bicyclic) bond motifs is 1. The van der Waals surface area contributed by atoms with Gasteiger partial charge in [0.25, 0.3) is 0 Å². The molecule has 1 atom stereocenters. The molecule has 1 fully saturated rings. The fourth-order valence-corrected chi connectivity index (χ4v) is 3.87. The number of nitrogens with zero attached hydrogens (tertiary/aromatic N) is 3. The van der Waals surface area contributed by atoms with E-state index >= 15 is 0 Å². The number of aromatic nitrogens is 1. The third kappa shape index (κ3) is 3.51. The van der Waals surface area contributed by atoms with Gasteiger partial charge in [-0.15, -0.1) is 0 Å². The summed E-state index contributed by atoms with van der Waals surface area (Å²) in [6.45, 7) is 3.75. The van der Waals surface area contributed by atoms with Gasteiger partial charge >= 0.3 is 0 Å². The van der Waals surface area contributed by atoms with Crippen molar-refractivity contribution in [3.05, 3.63) is 54.2 Å². The summed E-state index contributed by atoms with van der Waals surface area (Å²) in [6.07, 6.45) is 4.72. The number of carbonyl (C=O) groups excluding carboxylic acids is 1. The van der Waals surface area contributed by atoms with Crippen LogP contribution in [0.4, 0.5) is 11.5 Å². The Labute approximate surface area is 148 Å². The van der Waals surface area contributed by atoms with Crippen molar-refractivity contribution in [1.82, 2.24) is 9.88 Å². The van der Waals surface area contributed by atoms with Gasteiger partial charge in [0.1, 0.15) is 5.82 Å². The SMILES string of the molecule is O=C1Nc2ccccc2CC[C@@H]1N1CCCN(c2ccccn2)CC1. The molecule has 1 aromatic heterocycles. The van der Waals surface area contributed by atoms with E-state index in [9.17, 15) is 4.79 Å². The van der Waals surface area contributed by atoms with E-state index in [1.807, 2.05) is 36.5 Å². The van der Waals surface area contributed by atoms with Crippen LogP contribution in [-0.4, -0.2) is 48.0 Å². The quantitative estimate of drug-likeness (QED) is 0.916. The van der Waals surface area contributed by atoms with E-state index in [1.54, 1.807) is 0 Å². The van der Waals surface area contributed by atoms with Gasteiger partial charge in [-0.05, 0) is 43.0 Å². The largest absolute Gasteiger partial charge is 0.355 e. The Morgan fingerprint density at radius 1 is 1.00 bits per heavy atom. The number of anilines is 2. The molecular weight excluding hydrogens is 312 g/mol. The highest BCUT2D eigenvalue weighted by atomic mass is 16.2. The monoisotopic (exact) mass is 336 g/mol. The first kappa shape index (κ1) is 16.1. The molecule has 3 heterocycles. The van der Waals surface area contributed by atoms with Crippen molar-refractivity contribution in [3.63, 3.8) is 0 Å². The Kier molecular flexibility index (Phi) is 4.65. The standard InChI is InChI=1S/C20H24N4O/c25-20-18(10-9-16-6-1-2-7-17(16)22-20)23-12-5-13-24(15-14-23)19-8-3-4-11-21-19/h1-4,6-8,11,18H,5,9-10,12-15H2,(H,22,25)/t18-/m0/s1. The molecule has 0 bridgehead atoms. The van der Waals surface area contributed by atoms with Crippen LogP contribution in [0.5, 0.6) is 0 Å². The minimum atomic E-state index is -0.0453. The summed E-state index contributed by atoms with van der Waals surface area (Å²) in [5.74, 6) is 1.17. The molecule has 0 saturated carbocycles. The molecule has 0 aliphatic carbocycles. The van der Waals surface area contributed by atoms with E-state index in [1.165, 1.54) is 5.56 Å². The topological polar surface area (TPSA) is 48.5 Å². The van der Waals surface area contributed by atoms with Crippen LogP contribution in [-0.2, 0) is 11.2 Å². The molecule has 1 saturated heterocycles. The van der Waals surface area contributed by atoms with Gasteiger partial charge in [-0.1, -0.05) is 24.3 Å². The molecule has 0 radical (unpaired) electrons. The van der Waals surface area contributed by atoms with Crippen LogP contribution >= 0.6 is 0 Å². The minimum Gasteiger partial charge on any atom is -0.355 e. The van der Waals surface area contributed by atoms with Gasteiger partial charge in [0.15, 0.2) is 0 Å². The van der Waals surface area contributed by atoms with Gasteiger partial charge in [0, 0.05) is 38.1 Å². The van der Waals surface area contributed by atoms with Crippen molar-refractivity contribution in [2.75, 3.05) is 36.4 Å². The number of para-hydroxylation sites is 1. The lowest BCUT2D eigenvalue weighted by atomic mass is 10.0. The Hall–Kier alpha value is -2.40. The number of amides is 1. The molecule has 2 aliphatic rings. The average Bonchev–Trinajstić information content (AvgIpc) is 2.98. The lowest BCUT2D eigenvalue weighted by Gasteiger charge is -2.28. The molecule has 2 aliphatic heterocycles. The molecular formula is C20H24N4O. The third-order valence-corrected chi connectivity index (χ3v) is 5.21. The summed E-state index contributed by atoms with van der Waals surface area (Å²) < 4.78 is 0. The highest BCUT2D eigenvalue weighted by Crippen LogP contribution is 2.24. The van der Waals surface area contributed by atoms with Crippen molar-refractivity contribution < 1.29 is 4.79 Å². The van der Waals surface area contributed by atoms with Gasteiger partial charge in [0.2, 0.25) is 5.91 Å². The molecule has 5 nitrogen and oxygen atoms in total. The number of pyridine rings is 1. The number of hydrogen-bond donors (Lipinski definition) is 1. The smallest absolute Gasteiger partial charge is 0.241 e. The van der Waals surface area contributed by atoms with Crippen molar-refractivity contribution >= 4 is 17.4 Å². The Morgan fingerprint density at radius 3 is 2.76 bits per heavy atom. The molecule has 1 aromatic carbocycles. The van der Waals surface area contributed by atoms with Gasteiger partial charge in [0.05, 0.1) is 6.04 Å². The summed E-state index contributed by atoms with van der Waals surface area (Å²) in [4.78, 5) is 21.9. The van der Waals surface area contributed by atoms with E-state index in [-0.39, 0.29) is 11.9 Å². The Balaban J connectivity index is 1.45. The predicted octanol–water partition coefficient (Wildman–Crippen LogP) is 2.55. The van der Waals surface area contributed by atoms with E-state index in [4.69, 9.17) is 0 Å². The third-order valence-electron chi connectivity index (χ3n) is 5.21. The first-order valence-corrected chi connectivity index (χ1v) is 9.10. The number of benzene rings is 1. The lowest BCUT2D eigenvalue weighted by molar-refractivity contribution is -0.121. The maximum atomic E-state index is 12.8. The molecule has 0 spiro atoms. The van der Waals surface area contributed by atoms with Gasteiger partial charge in [-0.3, -0.25) is 9.69 Å². The predicted molar refractivity (Wildman–Crippen MR) is 99.8 cm³/mol. The zero-order valence-corrected chi connectivity index (χ0v) is 14.4. The van der Waals surface area contributed by atoms with Crippen LogP contribution in [0.15, 0.2) is 48.7 Å². The number of rotatable bonds is 2. The average molecular weight is 336 g/mol.